The van der Waals surface area contributed by atoms with E-state index in [2.05, 4.69) is 53.4 Å². The third kappa shape index (κ3) is 3.24. The molecule has 1 unspecified atom stereocenters. The number of likely N-dealkylation sites (N-methyl/N-ethyl adjacent to an activating group) is 1. The Bertz CT molecular complexity index is 499. The summed E-state index contributed by atoms with van der Waals surface area (Å²) in [5.41, 5.74) is 3.67. The van der Waals surface area contributed by atoms with Gasteiger partial charge >= 0.3 is 0 Å². The molecule has 2 rings (SSSR count). The van der Waals surface area contributed by atoms with Gasteiger partial charge in [-0.15, -0.1) is 0 Å². The maximum atomic E-state index is 4.53. The molecule has 2 aromatic rings. The minimum atomic E-state index is 0.452. The van der Waals surface area contributed by atoms with Gasteiger partial charge in [-0.1, -0.05) is 38.1 Å². The highest BCUT2D eigenvalue weighted by Gasteiger charge is 2.12. The van der Waals surface area contributed by atoms with Gasteiger partial charge in [0.05, 0.1) is 11.9 Å². The number of hydrogen-bond donors (Lipinski definition) is 2. The van der Waals surface area contributed by atoms with Crippen molar-refractivity contribution in [2.45, 2.75) is 32.6 Å². The Morgan fingerprint density at radius 3 is 2.53 bits per heavy atom. The van der Waals surface area contributed by atoms with Crippen molar-refractivity contribution in [3.05, 3.63) is 41.9 Å². The summed E-state index contributed by atoms with van der Waals surface area (Å²) in [6.45, 7) is 5.32. The Morgan fingerprint density at radius 2 is 1.95 bits per heavy atom. The smallest absolute Gasteiger partial charge is 0.110 e. The van der Waals surface area contributed by atoms with E-state index in [0.717, 1.165) is 30.9 Å². The van der Waals surface area contributed by atoms with Crippen molar-refractivity contribution in [3.8, 4) is 11.3 Å². The van der Waals surface area contributed by atoms with Gasteiger partial charge in [0, 0.05) is 12.5 Å². The number of benzene rings is 1. The van der Waals surface area contributed by atoms with Gasteiger partial charge in [0.1, 0.15) is 5.82 Å². The monoisotopic (exact) mass is 257 g/mol. The third-order valence-electron chi connectivity index (χ3n) is 3.60. The molecule has 0 aliphatic heterocycles. The van der Waals surface area contributed by atoms with Crippen molar-refractivity contribution < 1.29 is 0 Å². The Balaban J connectivity index is 2.19. The molecule has 0 radical (unpaired) electrons. The van der Waals surface area contributed by atoms with E-state index in [1.54, 1.807) is 0 Å². The first kappa shape index (κ1) is 13.8. The molecule has 1 atom stereocenters. The van der Waals surface area contributed by atoms with Crippen molar-refractivity contribution in [3.63, 3.8) is 0 Å². The van der Waals surface area contributed by atoms with Gasteiger partial charge < -0.3 is 10.3 Å². The van der Waals surface area contributed by atoms with Gasteiger partial charge in [0.15, 0.2) is 0 Å². The van der Waals surface area contributed by atoms with Crippen molar-refractivity contribution in [2.24, 2.45) is 0 Å². The quantitative estimate of drug-likeness (QED) is 0.833. The lowest BCUT2D eigenvalue weighted by atomic mass is 10.1. The molecule has 1 aromatic heterocycles. The Morgan fingerprint density at radius 1 is 1.21 bits per heavy atom. The lowest BCUT2D eigenvalue weighted by Gasteiger charge is -2.10. The Kier molecular flexibility index (Phi) is 4.74. The predicted molar refractivity (Wildman–Crippen MR) is 80.4 cm³/mol. The molecule has 1 heterocycles. The highest BCUT2D eigenvalue weighted by molar-refractivity contribution is 5.58. The van der Waals surface area contributed by atoms with Crippen LogP contribution in [0.3, 0.4) is 0 Å². The fraction of sp³-hybridized carbons (Fsp3) is 0.438. The van der Waals surface area contributed by atoms with Crippen LogP contribution in [0.15, 0.2) is 30.5 Å². The second kappa shape index (κ2) is 6.53. The number of hydrogen-bond acceptors (Lipinski definition) is 2. The summed E-state index contributed by atoms with van der Waals surface area (Å²) in [5, 5.41) is 3.22. The molecule has 0 spiro atoms. The van der Waals surface area contributed by atoms with Crippen LogP contribution in [0.1, 0.15) is 37.6 Å². The summed E-state index contributed by atoms with van der Waals surface area (Å²) < 4.78 is 0. The lowest BCUT2D eigenvalue weighted by molar-refractivity contribution is 0.586. The lowest BCUT2D eigenvalue weighted by Crippen LogP contribution is -2.17. The number of aryl methyl sites for hydroxylation is 1. The van der Waals surface area contributed by atoms with E-state index in [1.165, 1.54) is 11.1 Å². The second-order valence-electron chi connectivity index (χ2n) is 4.90. The molecule has 19 heavy (non-hydrogen) atoms. The van der Waals surface area contributed by atoms with Crippen LogP contribution >= 0.6 is 0 Å². The van der Waals surface area contributed by atoms with E-state index in [-0.39, 0.29) is 0 Å². The summed E-state index contributed by atoms with van der Waals surface area (Å²) >= 11 is 0. The maximum Gasteiger partial charge on any atom is 0.110 e. The summed E-state index contributed by atoms with van der Waals surface area (Å²) in [4.78, 5) is 7.98. The van der Waals surface area contributed by atoms with E-state index in [1.807, 2.05) is 13.2 Å². The molecule has 2 N–H and O–H groups in total. The number of H-pyrrole nitrogens is 1. The number of imidazole rings is 1. The van der Waals surface area contributed by atoms with Crippen LogP contribution in [-0.2, 0) is 6.42 Å². The molecule has 0 saturated heterocycles. The predicted octanol–water partition coefficient (Wildman–Crippen LogP) is 3.35. The van der Waals surface area contributed by atoms with Gasteiger partial charge in [-0.05, 0) is 31.0 Å². The van der Waals surface area contributed by atoms with E-state index in [4.69, 9.17) is 0 Å². The summed E-state index contributed by atoms with van der Waals surface area (Å²) in [7, 11) is 1.98. The maximum absolute atomic E-state index is 4.53. The van der Waals surface area contributed by atoms with E-state index >= 15 is 0 Å². The number of aromatic amines is 1. The van der Waals surface area contributed by atoms with Crippen LogP contribution in [0.5, 0.6) is 0 Å². The molecule has 1 aromatic carbocycles. The fourth-order valence-corrected chi connectivity index (χ4v) is 2.29. The van der Waals surface area contributed by atoms with Crippen molar-refractivity contribution >= 4 is 0 Å². The van der Waals surface area contributed by atoms with E-state index in [0.29, 0.717) is 5.92 Å². The third-order valence-corrected chi connectivity index (χ3v) is 3.60. The van der Waals surface area contributed by atoms with Gasteiger partial charge in [-0.3, -0.25) is 0 Å². The van der Waals surface area contributed by atoms with Gasteiger partial charge in [0.2, 0.25) is 0 Å². The molecule has 102 valence electrons. The van der Waals surface area contributed by atoms with Gasteiger partial charge in [-0.25, -0.2) is 4.98 Å². The number of rotatable bonds is 6. The molecule has 0 saturated carbocycles. The van der Waals surface area contributed by atoms with Crippen LogP contribution in [0.4, 0.5) is 0 Å². The molecule has 0 bridgehead atoms. The molecule has 3 heteroatoms. The van der Waals surface area contributed by atoms with Crippen LogP contribution in [0.25, 0.3) is 11.3 Å². The highest BCUT2D eigenvalue weighted by atomic mass is 14.9. The van der Waals surface area contributed by atoms with Crippen LogP contribution in [0, 0.1) is 0 Å². The van der Waals surface area contributed by atoms with Gasteiger partial charge in [0.25, 0.3) is 0 Å². The van der Waals surface area contributed by atoms with Crippen molar-refractivity contribution in [2.75, 3.05) is 13.6 Å². The molecule has 0 amide bonds. The molecular weight excluding hydrogens is 234 g/mol. The summed E-state index contributed by atoms with van der Waals surface area (Å²) in [5.74, 6) is 1.53. The first-order chi connectivity index (χ1) is 9.28. The molecule has 0 aliphatic rings. The van der Waals surface area contributed by atoms with Crippen LogP contribution in [-0.4, -0.2) is 23.6 Å². The van der Waals surface area contributed by atoms with Crippen LogP contribution < -0.4 is 5.32 Å². The number of nitrogens with zero attached hydrogens (tertiary/aromatic N) is 1. The Hall–Kier alpha value is -1.61. The standard InChI is InChI=1S/C16H23N3/c1-4-12-6-8-14(9-7-12)15-11-18-16(19-15)13(5-2)10-17-3/h6-9,11,13,17H,4-5,10H2,1-3H3,(H,18,19). The average molecular weight is 257 g/mol. The molecular formula is C16H23N3. The average Bonchev–Trinajstić information content (AvgIpc) is 2.94. The zero-order valence-electron chi connectivity index (χ0n) is 12.0. The van der Waals surface area contributed by atoms with E-state index in [9.17, 15) is 0 Å². The molecule has 0 aliphatic carbocycles. The molecule has 0 fully saturated rings. The Labute approximate surface area is 115 Å². The SMILES string of the molecule is CCc1ccc(-c2cnc(C(CC)CNC)[nH]2)cc1. The topological polar surface area (TPSA) is 40.7 Å². The number of nitrogens with one attached hydrogen (secondary N) is 2. The first-order valence-corrected chi connectivity index (χ1v) is 7.07. The zero-order chi connectivity index (χ0) is 13.7. The summed E-state index contributed by atoms with van der Waals surface area (Å²) in [6, 6.07) is 8.69. The zero-order valence-corrected chi connectivity index (χ0v) is 12.0. The summed E-state index contributed by atoms with van der Waals surface area (Å²) in [6.07, 6.45) is 4.10. The largest absolute Gasteiger partial charge is 0.342 e. The number of aromatic nitrogens is 2. The second-order valence-corrected chi connectivity index (χ2v) is 4.90. The highest BCUT2D eigenvalue weighted by Crippen LogP contribution is 2.22. The normalized spacial score (nSPS) is 12.6. The van der Waals surface area contributed by atoms with Gasteiger partial charge in [-0.2, -0.15) is 0 Å². The van der Waals surface area contributed by atoms with Crippen molar-refractivity contribution in [1.82, 2.24) is 15.3 Å². The van der Waals surface area contributed by atoms with Crippen LogP contribution in [0.2, 0.25) is 0 Å². The fourth-order valence-electron chi connectivity index (χ4n) is 2.29. The minimum absolute atomic E-state index is 0.452. The molecule has 3 nitrogen and oxygen atoms in total. The van der Waals surface area contributed by atoms with E-state index < -0.39 is 0 Å². The minimum Gasteiger partial charge on any atom is -0.342 e. The first-order valence-electron chi connectivity index (χ1n) is 7.07. The van der Waals surface area contributed by atoms with Crippen molar-refractivity contribution in [1.29, 1.82) is 0 Å².